The maximum Gasteiger partial charge on any atom is 0.212 e. The first-order valence-electron chi connectivity index (χ1n) is 11.9. The molecule has 1 aliphatic rings. The quantitative estimate of drug-likeness (QED) is 0.231. The van der Waals surface area contributed by atoms with Crippen molar-refractivity contribution >= 4 is 17.6 Å². The Hall–Kier alpha value is -4.18. The molecule has 0 spiro atoms. The minimum Gasteiger partial charge on any atom is -0.399 e. The molecule has 0 atom stereocenters. The molecule has 0 radical (unpaired) electrons. The smallest absolute Gasteiger partial charge is 0.212 e. The molecule has 0 unspecified atom stereocenters. The Labute approximate surface area is 213 Å². The van der Waals surface area contributed by atoms with E-state index in [0.717, 1.165) is 59.6 Å². The summed E-state index contributed by atoms with van der Waals surface area (Å²) in [7, 11) is 3.70. The number of aromatic nitrogens is 1. The minimum absolute atomic E-state index is 0.313. The van der Waals surface area contributed by atoms with Crippen molar-refractivity contribution in [3.63, 3.8) is 0 Å². The van der Waals surface area contributed by atoms with Gasteiger partial charge in [0, 0.05) is 67.4 Å². The van der Waals surface area contributed by atoms with Crippen molar-refractivity contribution < 1.29 is 4.39 Å². The first-order valence-corrected chi connectivity index (χ1v) is 11.9. The first-order chi connectivity index (χ1) is 17.3. The van der Waals surface area contributed by atoms with E-state index in [2.05, 4.69) is 34.1 Å². The molecule has 1 aliphatic heterocycles. The predicted octanol–water partition coefficient (Wildman–Crippen LogP) is 5.51. The van der Waals surface area contributed by atoms with E-state index in [0.29, 0.717) is 17.2 Å². The van der Waals surface area contributed by atoms with Crippen LogP contribution in [0.3, 0.4) is 0 Å². The van der Waals surface area contributed by atoms with E-state index in [-0.39, 0.29) is 0 Å². The van der Waals surface area contributed by atoms with E-state index in [1.54, 1.807) is 25.5 Å². The molecule has 3 rings (SSSR count). The van der Waals surface area contributed by atoms with Crippen molar-refractivity contribution in [2.24, 2.45) is 16.6 Å². The molecule has 0 aliphatic carbocycles. The third kappa shape index (κ3) is 5.89. The second-order valence-corrected chi connectivity index (χ2v) is 8.78. The predicted molar refractivity (Wildman–Crippen MR) is 147 cm³/mol. The average Bonchev–Trinajstić information content (AvgIpc) is 2.87. The van der Waals surface area contributed by atoms with Gasteiger partial charge in [-0.2, -0.15) is 9.65 Å². The molecule has 0 bridgehead atoms. The van der Waals surface area contributed by atoms with Crippen LogP contribution in [0, 0.1) is 23.2 Å². The lowest BCUT2D eigenvalue weighted by Crippen LogP contribution is -2.37. The standard InChI is InChI=1S/C29H33FN6/c1-6-7-23(16-20(2)32)25-9-10-26(24-8-11-28(30)34-18-24)29(27(25)17-31)36-14-12-22(13-15-36)21(3)35(5)19-33-4/h6-11,16,18-19,22H,2-3,12-15,32H2,1,4-5H3/b7-6-,23-16+,33-19?. The highest BCUT2D eigenvalue weighted by Gasteiger charge is 2.27. The fourth-order valence-corrected chi connectivity index (χ4v) is 4.61. The molecule has 0 amide bonds. The Kier molecular flexibility index (Phi) is 8.80. The van der Waals surface area contributed by atoms with Gasteiger partial charge in [0.2, 0.25) is 5.95 Å². The van der Waals surface area contributed by atoms with Gasteiger partial charge >= 0.3 is 0 Å². The van der Waals surface area contributed by atoms with Gasteiger partial charge in [-0.3, -0.25) is 4.99 Å². The zero-order chi connectivity index (χ0) is 26.2. The fraction of sp³-hybridized carbons (Fsp3) is 0.276. The highest BCUT2D eigenvalue weighted by Crippen LogP contribution is 2.40. The summed E-state index contributed by atoms with van der Waals surface area (Å²) >= 11 is 0. The summed E-state index contributed by atoms with van der Waals surface area (Å²) in [6.45, 7) is 11.5. The number of rotatable bonds is 8. The van der Waals surface area contributed by atoms with Crippen molar-refractivity contribution in [3.8, 4) is 17.2 Å². The van der Waals surface area contributed by atoms with E-state index in [9.17, 15) is 9.65 Å². The second-order valence-electron chi connectivity index (χ2n) is 8.78. The number of nitrogens with zero attached hydrogens (tertiary/aromatic N) is 5. The lowest BCUT2D eigenvalue weighted by atomic mass is 9.89. The summed E-state index contributed by atoms with van der Waals surface area (Å²) in [6.07, 6.45) is 10.6. The first kappa shape index (κ1) is 26.4. The number of halogens is 1. The van der Waals surface area contributed by atoms with Crippen LogP contribution >= 0.6 is 0 Å². The van der Waals surface area contributed by atoms with Gasteiger partial charge in [0.1, 0.15) is 6.07 Å². The number of anilines is 1. The van der Waals surface area contributed by atoms with Crippen molar-refractivity contribution in [3.05, 3.63) is 90.3 Å². The highest BCUT2D eigenvalue weighted by atomic mass is 19.1. The third-order valence-corrected chi connectivity index (χ3v) is 6.35. The maximum atomic E-state index is 13.6. The summed E-state index contributed by atoms with van der Waals surface area (Å²) < 4.78 is 13.6. The molecule has 1 saturated heterocycles. The molecule has 0 saturated carbocycles. The van der Waals surface area contributed by atoms with E-state index in [4.69, 9.17) is 5.73 Å². The van der Waals surface area contributed by atoms with Crippen LogP contribution in [-0.2, 0) is 0 Å². The molecule has 1 fully saturated rings. The Morgan fingerprint density at radius 3 is 2.56 bits per heavy atom. The van der Waals surface area contributed by atoms with E-state index >= 15 is 0 Å². The van der Waals surface area contributed by atoms with Crippen LogP contribution in [0.15, 0.2) is 78.2 Å². The molecular weight excluding hydrogens is 451 g/mol. The van der Waals surface area contributed by atoms with Crippen LogP contribution < -0.4 is 10.6 Å². The molecule has 2 N–H and O–H groups in total. The number of hydrogen-bond acceptors (Lipinski definition) is 5. The van der Waals surface area contributed by atoms with Crippen LogP contribution in [0.25, 0.3) is 16.7 Å². The van der Waals surface area contributed by atoms with Crippen molar-refractivity contribution in [2.45, 2.75) is 19.8 Å². The lowest BCUT2D eigenvalue weighted by Gasteiger charge is -2.37. The molecular formula is C29H33FN6. The minimum atomic E-state index is -0.545. The maximum absolute atomic E-state index is 13.6. The Balaban J connectivity index is 2.11. The van der Waals surface area contributed by atoms with Crippen LogP contribution in [0.1, 0.15) is 30.9 Å². The number of pyridine rings is 1. The Bertz CT molecular complexity index is 1240. The van der Waals surface area contributed by atoms with Crippen LogP contribution in [0.5, 0.6) is 0 Å². The van der Waals surface area contributed by atoms with E-state index in [1.807, 2.05) is 43.2 Å². The van der Waals surface area contributed by atoms with Gasteiger partial charge in [-0.15, -0.1) is 0 Å². The van der Waals surface area contributed by atoms with Gasteiger partial charge < -0.3 is 15.5 Å². The second kappa shape index (κ2) is 12.0. The normalized spacial score (nSPS) is 14.9. The molecule has 36 heavy (non-hydrogen) atoms. The molecule has 1 aromatic carbocycles. The molecule has 1 aromatic heterocycles. The topological polar surface area (TPSA) is 81.5 Å². The zero-order valence-electron chi connectivity index (χ0n) is 21.2. The number of benzene rings is 1. The molecule has 6 nitrogen and oxygen atoms in total. The number of piperidine rings is 1. The summed E-state index contributed by atoms with van der Waals surface area (Å²) in [5.41, 5.74) is 11.8. The summed E-state index contributed by atoms with van der Waals surface area (Å²) in [5.74, 6) is -0.232. The van der Waals surface area contributed by atoms with E-state index in [1.165, 1.54) is 12.3 Å². The lowest BCUT2D eigenvalue weighted by molar-refractivity contribution is 0.400. The van der Waals surface area contributed by atoms with Crippen molar-refractivity contribution in [1.29, 1.82) is 5.26 Å². The number of nitriles is 1. The van der Waals surface area contributed by atoms with Crippen LogP contribution in [0.2, 0.25) is 0 Å². The summed E-state index contributed by atoms with van der Waals surface area (Å²) in [4.78, 5) is 12.1. The number of aliphatic imine (C=N–C) groups is 1. The van der Waals surface area contributed by atoms with Gasteiger partial charge in [0.15, 0.2) is 0 Å². The van der Waals surface area contributed by atoms with Crippen LogP contribution in [0.4, 0.5) is 10.1 Å². The van der Waals surface area contributed by atoms with Crippen LogP contribution in [-0.4, -0.2) is 43.4 Å². The molecule has 2 heterocycles. The number of nitrogens with two attached hydrogens (primary N) is 1. The van der Waals surface area contributed by atoms with Gasteiger partial charge in [-0.1, -0.05) is 37.4 Å². The largest absolute Gasteiger partial charge is 0.399 e. The Morgan fingerprint density at radius 1 is 1.28 bits per heavy atom. The molecule has 186 valence electrons. The van der Waals surface area contributed by atoms with E-state index < -0.39 is 5.95 Å². The zero-order valence-corrected chi connectivity index (χ0v) is 21.2. The summed E-state index contributed by atoms with van der Waals surface area (Å²) in [6, 6.07) is 9.34. The van der Waals surface area contributed by atoms with Gasteiger partial charge in [-0.25, -0.2) is 4.98 Å². The van der Waals surface area contributed by atoms with Gasteiger partial charge in [-0.05, 0) is 43.5 Å². The highest BCUT2D eigenvalue weighted by molar-refractivity contribution is 5.90. The third-order valence-electron chi connectivity index (χ3n) is 6.35. The van der Waals surface area contributed by atoms with Gasteiger partial charge in [0.25, 0.3) is 0 Å². The number of hydrogen-bond donors (Lipinski definition) is 1. The average molecular weight is 485 g/mol. The monoisotopic (exact) mass is 484 g/mol. The molecule has 7 heteroatoms. The van der Waals surface area contributed by atoms with Gasteiger partial charge in [0.05, 0.1) is 17.6 Å². The Morgan fingerprint density at radius 2 is 2.00 bits per heavy atom. The SMILES string of the molecule is C=C(N)/C=C(\C=C/C)c1ccc(-c2ccc(F)nc2)c(N2CCC(C(=C)N(C)C=NC)CC2)c1C#N. The fourth-order valence-electron chi connectivity index (χ4n) is 4.61. The summed E-state index contributed by atoms with van der Waals surface area (Å²) in [5, 5.41) is 10.4. The number of allylic oxidation sites excluding steroid dienone is 5. The van der Waals surface area contributed by atoms with Crippen molar-refractivity contribution in [1.82, 2.24) is 9.88 Å². The molecule has 2 aromatic rings. The van der Waals surface area contributed by atoms with Crippen molar-refractivity contribution in [2.75, 3.05) is 32.1 Å².